The first kappa shape index (κ1) is 16.1. The maximum absolute atomic E-state index is 12.0. The molecule has 0 aliphatic carbocycles. The van der Waals surface area contributed by atoms with Crippen LogP contribution in [0.25, 0.3) is 0 Å². The van der Waals surface area contributed by atoms with E-state index < -0.39 is 0 Å². The number of rotatable bonds is 7. The molecule has 0 radical (unpaired) electrons. The quantitative estimate of drug-likeness (QED) is 0.808. The molecule has 0 saturated heterocycles. The van der Waals surface area contributed by atoms with Crippen molar-refractivity contribution in [3.05, 3.63) is 16.1 Å². The van der Waals surface area contributed by atoms with Gasteiger partial charge in [0.25, 0.3) is 5.91 Å². The first-order chi connectivity index (χ1) is 8.90. The maximum atomic E-state index is 12.0. The molecule has 1 rings (SSSR count). The molecule has 0 unspecified atom stereocenters. The Morgan fingerprint density at radius 2 is 2.11 bits per heavy atom. The van der Waals surface area contributed by atoms with Gasteiger partial charge in [-0.3, -0.25) is 4.79 Å². The average molecular weight is 283 g/mol. The Labute approximate surface area is 119 Å². The van der Waals surface area contributed by atoms with Gasteiger partial charge < -0.3 is 11.1 Å². The number of nitrogens with zero attached hydrogens (tertiary/aromatic N) is 1. The molecule has 0 bridgehead atoms. The molecule has 1 aromatic heterocycles. The molecular weight excluding hydrogens is 258 g/mol. The lowest BCUT2D eigenvalue weighted by Crippen LogP contribution is -2.49. The van der Waals surface area contributed by atoms with Gasteiger partial charge in [0.15, 0.2) is 0 Å². The average Bonchev–Trinajstić information content (AvgIpc) is 2.83. The second kappa shape index (κ2) is 7.01. The number of thiazole rings is 1. The lowest BCUT2D eigenvalue weighted by atomic mass is 9.94. The lowest BCUT2D eigenvalue weighted by molar-refractivity contribution is 0.0937. The molecule has 108 valence electrons. The van der Waals surface area contributed by atoms with Gasteiger partial charge in [-0.25, -0.2) is 4.98 Å². The van der Waals surface area contributed by atoms with E-state index in [0.29, 0.717) is 18.2 Å². The Morgan fingerprint density at radius 1 is 1.47 bits per heavy atom. The number of carbonyl (C=O) groups is 1. The van der Waals surface area contributed by atoms with Crippen LogP contribution in [-0.2, 0) is 6.42 Å². The summed E-state index contributed by atoms with van der Waals surface area (Å²) in [5.74, 6) is 0.432. The van der Waals surface area contributed by atoms with Crippen molar-refractivity contribution in [1.82, 2.24) is 10.3 Å². The van der Waals surface area contributed by atoms with Crippen LogP contribution in [0.15, 0.2) is 5.38 Å². The zero-order chi connectivity index (χ0) is 14.5. The third-order valence-corrected chi connectivity index (χ3v) is 4.25. The van der Waals surface area contributed by atoms with Crippen LogP contribution < -0.4 is 11.1 Å². The number of nitrogens with one attached hydrogen (secondary N) is 1. The molecule has 1 aromatic rings. The Hall–Kier alpha value is -0.940. The number of carbonyl (C=O) groups excluding carboxylic acids is 1. The van der Waals surface area contributed by atoms with E-state index in [1.54, 1.807) is 11.3 Å². The summed E-state index contributed by atoms with van der Waals surface area (Å²) in [7, 11) is 0. The molecule has 1 amide bonds. The van der Waals surface area contributed by atoms with E-state index in [0.717, 1.165) is 24.3 Å². The smallest absolute Gasteiger partial charge is 0.270 e. The van der Waals surface area contributed by atoms with Crippen LogP contribution in [0.4, 0.5) is 0 Å². The van der Waals surface area contributed by atoms with Gasteiger partial charge in [0.2, 0.25) is 0 Å². The minimum atomic E-state index is -0.313. The van der Waals surface area contributed by atoms with Crippen LogP contribution in [0.3, 0.4) is 0 Å². The van der Waals surface area contributed by atoms with Crippen molar-refractivity contribution in [1.29, 1.82) is 0 Å². The molecule has 5 heteroatoms. The van der Waals surface area contributed by atoms with Crippen molar-refractivity contribution < 1.29 is 4.79 Å². The molecule has 0 fully saturated rings. The van der Waals surface area contributed by atoms with E-state index in [4.69, 9.17) is 5.73 Å². The number of amides is 1. The molecule has 0 spiro atoms. The van der Waals surface area contributed by atoms with E-state index in [2.05, 4.69) is 24.1 Å². The Bertz CT molecular complexity index is 411. The molecule has 0 saturated carbocycles. The number of hydrogen-bond donors (Lipinski definition) is 2. The summed E-state index contributed by atoms with van der Waals surface area (Å²) in [6, 6.07) is 0. The van der Waals surface area contributed by atoms with Crippen LogP contribution >= 0.6 is 11.3 Å². The molecule has 3 N–H and O–H groups in total. The molecule has 4 nitrogen and oxygen atoms in total. The molecule has 0 aliphatic rings. The predicted octanol–water partition coefficient (Wildman–Crippen LogP) is 2.59. The van der Waals surface area contributed by atoms with E-state index in [1.165, 1.54) is 0 Å². The zero-order valence-electron chi connectivity index (χ0n) is 12.3. The fraction of sp³-hybridized carbons (Fsp3) is 0.714. The summed E-state index contributed by atoms with van der Waals surface area (Å²) >= 11 is 1.55. The number of nitrogens with two attached hydrogens (primary N) is 1. The van der Waals surface area contributed by atoms with E-state index in [1.807, 2.05) is 19.2 Å². The van der Waals surface area contributed by atoms with Gasteiger partial charge in [0, 0.05) is 23.9 Å². The van der Waals surface area contributed by atoms with Crippen molar-refractivity contribution in [2.75, 3.05) is 6.54 Å². The van der Waals surface area contributed by atoms with Gasteiger partial charge in [-0.2, -0.15) is 0 Å². The highest BCUT2D eigenvalue weighted by molar-refractivity contribution is 7.09. The summed E-state index contributed by atoms with van der Waals surface area (Å²) in [6.07, 6.45) is 2.61. The second-order valence-corrected chi connectivity index (χ2v) is 6.42. The summed E-state index contributed by atoms with van der Waals surface area (Å²) in [6.45, 7) is 8.87. The summed E-state index contributed by atoms with van der Waals surface area (Å²) in [5.41, 5.74) is 6.36. The lowest BCUT2D eigenvalue weighted by Gasteiger charge is -2.26. The molecule has 0 aromatic carbocycles. The topological polar surface area (TPSA) is 68.0 Å². The summed E-state index contributed by atoms with van der Waals surface area (Å²) in [5, 5.41) is 5.73. The van der Waals surface area contributed by atoms with Crippen molar-refractivity contribution in [3.8, 4) is 0 Å². The summed E-state index contributed by atoms with van der Waals surface area (Å²) in [4.78, 5) is 16.4. The Balaban J connectivity index is 2.56. The molecule has 19 heavy (non-hydrogen) atoms. The molecule has 0 aliphatic heterocycles. The normalized spacial score (nSPS) is 11.9. The first-order valence-corrected chi connectivity index (χ1v) is 7.79. The molecule has 1 heterocycles. The first-order valence-electron chi connectivity index (χ1n) is 6.91. The largest absolute Gasteiger partial charge is 0.349 e. The van der Waals surface area contributed by atoms with Crippen LogP contribution in [0.2, 0.25) is 0 Å². The van der Waals surface area contributed by atoms with Crippen molar-refractivity contribution >= 4 is 17.2 Å². The number of aromatic nitrogens is 1. The van der Waals surface area contributed by atoms with E-state index in [9.17, 15) is 4.79 Å². The standard InChI is InChI=1S/C14H25N3OS/c1-5-14(15,6-2)9-16-13(18)11-8-19-12(17-11)7-10(3)4/h8,10H,5-7,9,15H2,1-4H3,(H,16,18). The minimum absolute atomic E-state index is 0.122. The Kier molecular flexibility index (Phi) is 5.94. The van der Waals surface area contributed by atoms with E-state index in [-0.39, 0.29) is 11.4 Å². The highest BCUT2D eigenvalue weighted by Crippen LogP contribution is 2.15. The van der Waals surface area contributed by atoms with Gasteiger partial charge in [-0.05, 0) is 18.8 Å². The zero-order valence-corrected chi connectivity index (χ0v) is 13.1. The van der Waals surface area contributed by atoms with Crippen LogP contribution in [0.1, 0.15) is 56.0 Å². The van der Waals surface area contributed by atoms with Gasteiger partial charge in [0.1, 0.15) is 5.69 Å². The highest BCUT2D eigenvalue weighted by atomic mass is 32.1. The van der Waals surface area contributed by atoms with Gasteiger partial charge in [-0.15, -0.1) is 11.3 Å². The predicted molar refractivity (Wildman–Crippen MR) is 80.5 cm³/mol. The maximum Gasteiger partial charge on any atom is 0.270 e. The second-order valence-electron chi connectivity index (χ2n) is 5.48. The fourth-order valence-corrected chi connectivity index (χ4v) is 2.69. The Morgan fingerprint density at radius 3 is 2.63 bits per heavy atom. The van der Waals surface area contributed by atoms with Gasteiger partial charge in [0.05, 0.1) is 5.01 Å². The third-order valence-electron chi connectivity index (χ3n) is 3.38. The van der Waals surface area contributed by atoms with Crippen LogP contribution in [0.5, 0.6) is 0 Å². The van der Waals surface area contributed by atoms with Gasteiger partial charge in [-0.1, -0.05) is 27.7 Å². The van der Waals surface area contributed by atoms with Crippen molar-refractivity contribution in [3.63, 3.8) is 0 Å². The van der Waals surface area contributed by atoms with Crippen molar-refractivity contribution in [2.24, 2.45) is 11.7 Å². The van der Waals surface area contributed by atoms with Crippen molar-refractivity contribution in [2.45, 2.75) is 52.5 Å². The highest BCUT2D eigenvalue weighted by Gasteiger charge is 2.22. The third kappa shape index (κ3) is 4.91. The monoisotopic (exact) mass is 283 g/mol. The fourth-order valence-electron chi connectivity index (χ4n) is 1.71. The van der Waals surface area contributed by atoms with E-state index >= 15 is 0 Å². The summed E-state index contributed by atoms with van der Waals surface area (Å²) < 4.78 is 0. The number of hydrogen-bond acceptors (Lipinski definition) is 4. The molecule has 0 atom stereocenters. The minimum Gasteiger partial charge on any atom is -0.349 e. The van der Waals surface area contributed by atoms with Crippen LogP contribution in [0, 0.1) is 5.92 Å². The molecular formula is C14H25N3OS. The SMILES string of the molecule is CCC(N)(CC)CNC(=O)c1csc(CC(C)C)n1. The van der Waals surface area contributed by atoms with Crippen LogP contribution in [-0.4, -0.2) is 23.0 Å². The van der Waals surface area contributed by atoms with Gasteiger partial charge >= 0.3 is 0 Å².